The molecule has 0 spiro atoms. The van der Waals surface area contributed by atoms with Crippen LogP contribution in [0.3, 0.4) is 0 Å². The first kappa shape index (κ1) is 18.7. The topological polar surface area (TPSA) is 74.7 Å². The second kappa shape index (κ2) is 9.64. The molecule has 6 heteroatoms. The Bertz CT molecular complexity index is 646. The third kappa shape index (κ3) is 6.08. The number of nitrogens with zero attached hydrogens (tertiary/aromatic N) is 2. The van der Waals surface area contributed by atoms with Crippen molar-refractivity contribution in [1.29, 1.82) is 0 Å². The average Bonchev–Trinajstić information content (AvgIpc) is 2.63. The van der Waals surface area contributed by atoms with Gasteiger partial charge >= 0.3 is 0 Å². The Labute approximate surface area is 148 Å². The van der Waals surface area contributed by atoms with Crippen LogP contribution in [0.2, 0.25) is 0 Å². The van der Waals surface area contributed by atoms with E-state index in [1.807, 2.05) is 54.4 Å². The van der Waals surface area contributed by atoms with E-state index in [9.17, 15) is 9.90 Å². The summed E-state index contributed by atoms with van der Waals surface area (Å²) in [6.45, 7) is 3.32. The van der Waals surface area contributed by atoms with E-state index in [1.54, 1.807) is 13.1 Å². The fraction of sp³-hybridized carbons (Fsp3) is 0.368. The zero-order valence-corrected chi connectivity index (χ0v) is 14.6. The fourth-order valence-corrected chi connectivity index (χ4v) is 2.34. The molecule has 1 unspecified atom stereocenters. The molecule has 134 valence electrons. The number of carboxylic acids is 1. The Hall–Kier alpha value is -2.60. The lowest BCUT2D eigenvalue weighted by atomic mass is 10.1. The second-order valence-corrected chi connectivity index (χ2v) is 5.57. The minimum atomic E-state index is -1.19. The van der Waals surface area contributed by atoms with Crippen molar-refractivity contribution in [3.05, 3.63) is 54.2 Å². The van der Waals surface area contributed by atoms with E-state index in [1.165, 1.54) is 0 Å². The van der Waals surface area contributed by atoms with E-state index in [0.29, 0.717) is 19.8 Å². The number of rotatable bonds is 10. The number of aromatic nitrogens is 1. The summed E-state index contributed by atoms with van der Waals surface area (Å²) in [5.41, 5.74) is 0.862. The van der Waals surface area contributed by atoms with Gasteiger partial charge in [0.1, 0.15) is 24.3 Å². The van der Waals surface area contributed by atoms with Gasteiger partial charge < -0.3 is 24.3 Å². The number of likely N-dealkylation sites (N-methyl/N-ethyl adjacent to an activating group) is 1. The summed E-state index contributed by atoms with van der Waals surface area (Å²) >= 11 is 0. The number of benzene rings is 1. The number of carboxylic acid groups (broad SMARTS) is 1. The quantitative estimate of drug-likeness (QED) is 0.647. The van der Waals surface area contributed by atoms with Crippen LogP contribution in [0, 0.1) is 0 Å². The molecule has 0 aliphatic heterocycles. The number of carbonyl (C=O) groups is 1. The second-order valence-electron chi connectivity index (χ2n) is 5.57. The fourth-order valence-electron chi connectivity index (χ4n) is 2.34. The minimum absolute atomic E-state index is 0.277. The van der Waals surface area contributed by atoms with E-state index in [2.05, 4.69) is 4.98 Å². The smallest absolute Gasteiger partial charge is 0.128 e. The molecule has 0 saturated carbocycles. The first-order valence-electron chi connectivity index (χ1n) is 8.26. The summed E-state index contributed by atoms with van der Waals surface area (Å²) in [5, 5.41) is 11.0. The van der Waals surface area contributed by atoms with E-state index in [0.717, 1.165) is 17.1 Å². The van der Waals surface area contributed by atoms with Gasteiger partial charge in [-0.1, -0.05) is 18.2 Å². The highest BCUT2D eigenvalue weighted by atomic mass is 16.5. The van der Waals surface area contributed by atoms with Crippen molar-refractivity contribution >= 4 is 11.8 Å². The molecule has 2 rings (SSSR count). The van der Waals surface area contributed by atoms with Gasteiger partial charge in [0.05, 0.1) is 12.5 Å². The van der Waals surface area contributed by atoms with Crippen molar-refractivity contribution in [2.24, 2.45) is 0 Å². The molecule has 1 atom stereocenters. The summed E-state index contributed by atoms with van der Waals surface area (Å²) in [4.78, 5) is 17.3. The number of hydrogen-bond donors (Lipinski definition) is 0. The van der Waals surface area contributed by atoms with Gasteiger partial charge in [-0.15, -0.1) is 0 Å². The van der Waals surface area contributed by atoms with E-state index in [-0.39, 0.29) is 6.42 Å². The highest BCUT2D eigenvalue weighted by Gasteiger charge is 2.10. The largest absolute Gasteiger partial charge is 0.547 e. The molecule has 1 aromatic carbocycles. The highest BCUT2D eigenvalue weighted by molar-refractivity contribution is 5.70. The number of hydrogen-bond acceptors (Lipinski definition) is 6. The predicted molar refractivity (Wildman–Crippen MR) is 93.6 cm³/mol. The summed E-state index contributed by atoms with van der Waals surface area (Å²) in [7, 11) is 1.96. The molecular weight excluding hydrogens is 320 g/mol. The summed E-state index contributed by atoms with van der Waals surface area (Å²) in [5.74, 6) is 0.435. The number of anilines is 1. The maximum absolute atomic E-state index is 11.0. The normalized spacial score (nSPS) is 11.8. The maximum Gasteiger partial charge on any atom is 0.128 e. The molecule has 0 radical (unpaired) electrons. The number of pyridine rings is 1. The van der Waals surface area contributed by atoms with Crippen molar-refractivity contribution in [3.63, 3.8) is 0 Å². The average molecular weight is 343 g/mol. The molecule has 0 aliphatic rings. The molecule has 0 fully saturated rings. The van der Waals surface area contributed by atoms with Gasteiger partial charge in [0.15, 0.2) is 0 Å². The molecular formula is C19H23N2O4-. The van der Waals surface area contributed by atoms with Crippen LogP contribution in [0.1, 0.15) is 12.5 Å². The van der Waals surface area contributed by atoms with Gasteiger partial charge in [-0.2, -0.15) is 0 Å². The highest BCUT2D eigenvalue weighted by Crippen LogP contribution is 2.15. The van der Waals surface area contributed by atoms with Gasteiger partial charge in [0, 0.05) is 26.3 Å². The van der Waals surface area contributed by atoms with Crippen LogP contribution in [-0.2, 0) is 16.0 Å². The molecule has 0 aliphatic carbocycles. The Balaban J connectivity index is 1.81. The molecule has 0 N–H and O–H groups in total. The van der Waals surface area contributed by atoms with Gasteiger partial charge in [0.25, 0.3) is 0 Å². The summed E-state index contributed by atoms with van der Waals surface area (Å²) in [6, 6.07) is 13.1. The Morgan fingerprint density at radius 1 is 1.24 bits per heavy atom. The number of ether oxygens (including phenoxy) is 2. The third-order valence-corrected chi connectivity index (χ3v) is 3.71. The van der Waals surface area contributed by atoms with Crippen LogP contribution < -0.4 is 14.7 Å². The molecule has 0 amide bonds. The lowest BCUT2D eigenvalue weighted by molar-refractivity contribution is -0.316. The van der Waals surface area contributed by atoms with Crippen molar-refractivity contribution in [3.8, 4) is 5.75 Å². The first-order valence-corrected chi connectivity index (χ1v) is 8.26. The maximum atomic E-state index is 11.0. The number of aliphatic carboxylic acids is 1. The van der Waals surface area contributed by atoms with Gasteiger partial charge in [-0.25, -0.2) is 4.98 Å². The Morgan fingerprint density at radius 2 is 2.00 bits per heavy atom. The van der Waals surface area contributed by atoms with Crippen molar-refractivity contribution in [2.75, 3.05) is 31.7 Å². The van der Waals surface area contributed by atoms with Gasteiger partial charge in [-0.05, 0) is 36.8 Å². The van der Waals surface area contributed by atoms with Gasteiger partial charge in [0.2, 0.25) is 0 Å². The van der Waals surface area contributed by atoms with E-state index >= 15 is 0 Å². The van der Waals surface area contributed by atoms with E-state index in [4.69, 9.17) is 9.47 Å². The van der Waals surface area contributed by atoms with Crippen LogP contribution in [0.4, 0.5) is 5.82 Å². The van der Waals surface area contributed by atoms with Crippen molar-refractivity contribution in [1.82, 2.24) is 4.98 Å². The predicted octanol–water partition coefficient (Wildman–Crippen LogP) is 1.29. The summed E-state index contributed by atoms with van der Waals surface area (Å²) < 4.78 is 10.9. The molecule has 0 saturated heterocycles. The van der Waals surface area contributed by atoms with Crippen molar-refractivity contribution < 1.29 is 19.4 Å². The Kier molecular flexibility index (Phi) is 7.22. The SMILES string of the molecule is CCOC(Cc1ccc(OCCN(C)c2ccccn2)cc1)C(=O)[O-]. The summed E-state index contributed by atoms with van der Waals surface area (Å²) in [6.07, 6.45) is 1.11. The lowest BCUT2D eigenvalue weighted by Crippen LogP contribution is -2.39. The first-order chi connectivity index (χ1) is 12.1. The van der Waals surface area contributed by atoms with E-state index < -0.39 is 12.1 Å². The third-order valence-electron chi connectivity index (χ3n) is 3.71. The van der Waals surface area contributed by atoms with Gasteiger partial charge in [-0.3, -0.25) is 0 Å². The molecule has 2 aromatic rings. The monoisotopic (exact) mass is 343 g/mol. The molecule has 0 bridgehead atoms. The molecule has 1 aromatic heterocycles. The number of carbonyl (C=O) groups excluding carboxylic acids is 1. The van der Waals surface area contributed by atoms with Crippen LogP contribution in [-0.4, -0.2) is 43.9 Å². The van der Waals surface area contributed by atoms with Crippen molar-refractivity contribution in [2.45, 2.75) is 19.4 Å². The lowest BCUT2D eigenvalue weighted by Gasteiger charge is -2.19. The van der Waals surface area contributed by atoms with Crippen LogP contribution in [0.25, 0.3) is 0 Å². The Morgan fingerprint density at radius 3 is 2.60 bits per heavy atom. The van der Waals surface area contributed by atoms with Crippen LogP contribution in [0.5, 0.6) is 5.75 Å². The standard InChI is InChI=1S/C19H24N2O4/c1-3-24-17(19(22)23)14-15-7-9-16(10-8-15)25-13-12-21(2)18-6-4-5-11-20-18/h4-11,17H,3,12-14H2,1-2H3,(H,22,23)/p-1. The van der Waals surface area contributed by atoms with Crippen LogP contribution in [0.15, 0.2) is 48.7 Å². The zero-order valence-electron chi connectivity index (χ0n) is 14.6. The molecule has 1 heterocycles. The molecule has 6 nitrogen and oxygen atoms in total. The van der Waals surface area contributed by atoms with Crippen LogP contribution >= 0.6 is 0 Å². The minimum Gasteiger partial charge on any atom is -0.547 e. The molecule has 25 heavy (non-hydrogen) atoms. The zero-order chi connectivity index (χ0) is 18.1.